The van der Waals surface area contributed by atoms with Crippen LogP contribution in [0, 0.1) is 24.0 Å². The Kier molecular flexibility index (Phi) is 4.43. The summed E-state index contributed by atoms with van der Waals surface area (Å²) in [6.07, 6.45) is 6.91. The van der Waals surface area contributed by atoms with Gasteiger partial charge in [0.1, 0.15) is 22.4 Å². The number of halogens is 3. The topological polar surface area (TPSA) is 39.8 Å². The van der Waals surface area contributed by atoms with Gasteiger partial charge in [-0.3, -0.25) is 4.79 Å². The zero-order chi connectivity index (χ0) is 18.1. The lowest BCUT2D eigenvalue weighted by atomic mass is 10.1. The maximum absolute atomic E-state index is 14.4. The van der Waals surface area contributed by atoms with Crippen molar-refractivity contribution in [2.24, 2.45) is 0 Å². The molecule has 3 rings (SSSR count). The van der Waals surface area contributed by atoms with Crippen LogP contribution in [0.1, 0.15) is 12.6 Å². The molecule has 0 saturated carbocycles. The van der Waals surface area contributed by atoms with E-state index in [9.17, 15) is 13.6 Å². The summed E-state index contributed by atoms with van der Waals surface area (Å²) in [6, 6.07) is 6.36. The second-order valence-corrected chi connectivity index (χ2v) is 5.55. The third-order valence-corrected chi connectivity index (χ3v) is 4.03. The van der Waals surface area contributed by atoms with Gasteiger partial charge in [0.15, 0.2) is 0 Å². The average Bonchev–Trinajstić information content (AvgIpc) is 3.06. The fourth-order valence-electron chi connectivity index (χ4n) is 2.67. The van der Waals surface area contributed by atoms with Crippen molar-refractivity contribution in [3.63, 3.8) is 0 Å². The Bertz CT molecular complexity index is 1040. The highest BCUT2D eigenvalue weighted by atomic mass is 35.5. The summed E-state index contributed by atoms with van der Waals surface area (Å²) in [6.45, 7) is 1.83. The minimum atomic E-state index is -0.806. The van der Waals surface area contributed by atoms with Crippen LogP contribution in [0.15, 0.2) is 41.3 Å². The molecule has 0 radical (unpaired) electrons. The summed E-state index contributed by atoms with van der Waals surface area (Å²) in [4.78, 5) is 12.4. The van der Waals surface area contributed by atoms with Crippen molar-refractivity contribution in [2.75, 3.05) is 0 Å². The molecule has 4 nitrogen and oxygen atoms in total. The van der Waals surface area contributed by atoms with E-state index in [4.69, 9.17) is 18.0 Å². The van der Waals surface area contributed by atoms with Crippen molar-refractivity contribution in [3.05, 3.63) is 69.2 Å². The molecule has 0 aliphatic carbocycles. The Morgan fingerprint density at radius 2 is 1.96 bits per heavy atom. The molecule has 0 saturated heterocycles. The first-order chi connectivity index (χ1) is 12.0. The average molecular weight is 360 g/mol. The second kappa shape index (κ2) is 6.54. The monoisotopic (exact) mass is 359 g/mol. The van der Waals surface area contributed by atoms with Gasteiger partial charge < -0.3 is 4.57 Å². The fraction of sp³-hybridized carbons (Fsp3) is 0.111. The van der Waals surface area contributed by atoms with Crippen molar-refractivity contribution in [3.8, 4) is 29.3 Å². The number of nitrogens with zero attached hydrogens (tertiary/aromatic N) is 3. The van der Waals surface area contributed by atoms with Gasteiger partial charge in [-0.1, -0.05) is 23.6 Å². The zero-order valence-electron chi connectivity index (χ0n) is 13.1. The van der Waals surface area contributed by atoms with Gasteiger partial charge in [0.25, 0.3) is 5.56 Å². The Balaban J connectivity index is 2.51. The van der Waals surface area contributed by atoms with Crippen LogP contribution >= 0.6 is 11.6 Å². The number of hydrogen-bond acceptors (Lipinski definition) is 2. The summed E-state index contributed by atoms with van der Waals surface area (Å²) >= 11 is 6.04. The minimum absolute atomic E-state index is 0.0210. The van der Waals surface area contributed by atoms with E-state index in [2.05, 4.69) is 11.0 Å². The molecule has 1 aromatic carbocycles. The van der Waals surface area contributed by atoms with Gasteiger partial charge in [-0.25, -0.2) is 13.5 Å². The lowest BCUT2D eigenvalue weighted by Crippen LogP contribution is -2.24. The second-order valence-electron chi connectivity index (χ2n) is 5.14. The summed E-state index contributed by atoms with van der Waals surface area (Å²) in [5, 5.41) is 4.00. The SMILES string of the molecule is C#Cc1ccnn1-c1cc(Cl)c(=O)n(CC)c1-c1c(F)cccc1F. The molecule has 3 aromatic rings. The zero-order valence-corrected chi connectivity index (χ0v) is 13.9. The van der Waals surface area contributed by atoms with E-state index in [0.29, 0.717) is 5.69 Å². The van der Waals surface area contributed by atoms with Gasteiger partial charge in [-0.15, -0.1) is 6.42 Å². The molecule has 0 bridgehead atoms. The predicted octanol–water partition coefficient (Wildman–Crippen LogP) is 3.63. The largest absolute Gasteiger partial charge is 0.305 e. The summed E-state index contributed by atoms with van der Waals surface area (Å²) in [5.41, 5.74) is -0.303. The van der Waals surface area contributed by atoms with Crippen molar-refractivity contribution in [1.29, 1.82) is 0 Å². The van der Waals surface area contributed by atoms with Crippen LogP contribution in [0.5, 0.6) is 0 Å². The first kappa shape index (κ1) is 16.9. The predicted molar refractivity (Wildman–Crippen MR) is 91.8 cm³/mol. The van der Waals surface area contributed by atoms with Crippen LogP contribution in [0.25, 0.3) is 16.9 Å². The number of hydrogen-bond donors (Lipinski definition) is 0. The molecular weight excluding hydrogens is 348 g/mol. The molecule has 0 aliphatic rings. The molecule has 2 aromatic heterocycles. The number of pyridine rings is 1. The molecule has 126 valence electrons. The van der Waals surface area contributed by atoms with Gasteiger partial charge in [0, 0.05) is 6.54 Å². The van der Waals surface area contributed by atoms with Gasteiger partial charge in [-0.2, -0.15) is 5.10 Å². The first-order valence-electron chi connectivity index (χ1n) is 7.38. The van der Waals surface area contributed by atoms with E-state index >= 15 is 0 Å². The lowest BCUT2D eigenvalue weighted by Gasteiger charge is -2.18. The van der Waals surface area contributed by atoms with Crippen molar-refractivity contribution in [1.82, 2.24) is 14.3 Å². The molecule has 0 N–H and O–H groups in total. The van der Waals surface area contributed by atoms with E-state index in [0.717, 1.165) is 12.1 Å². The highest BCUT2D eigenvalue weighted by molar-refractivity contribution is 6.30. The van der Waals surface area contributed by atoms with Crippen LogP contribution in [0.2, 0.25) is 5.02 Å². The Labute approximate surface area is 147 Å². The summed E-state index contributed by atoms with van der Waals surface area (Å²) < 4.78 is 31.4. The van der Waals surface area contributed by atoms with Crippen molar-refractivity contribution < 1.29 is 8.78 Å². The molecule has 7 heteroatoms. The number of terminal acetylenes is 1. The van der Waals surface area contributed by atoms with Crippen molar-refractivity contribution in [2.45, 2.75) is 13.5 Å². The van der Waals surface area contributed by atoms with Gasteiger partial charge in [0.05, 0.1) is 23.1 Å². The molecule has 0 fully saturated rings. The van der Waals surface area contributed by atoms with Crippen LogP contribution in [0.4, 0.5) is 8.78 Å². The van der Waals surface area contributed by atoms with E-state index < -0.39 is 17.2 Å². The smallest absolute Gasteiger partial charge is 0.269 e. The van der Waals surface area contributed by atoms with Crippen LogP contribution in [-0.4, -0.2) is 14.3 Å². The third kappa shape index (κ3) is 2.73. The van der Waals surface area contributed by atoms with Crippen molar-refractivity contribution >= 4 is 11.6 Å². The maximum atomic E-state index is 14.4. The molecule has 0 atom stereocenters. The molecular formula is C18H12ClF2N3O. The molecule has 2 heterocycles. The Morgan fingerprint density at radius 1 is 1.28 bits per heavy atom. The van der Waals surface area contributed by atoms with Crippen LogP contribution in [-0.2, 0) is 6.54 Å². The molecule has 0 aliphatic heterocycles. The van der Waals surface area contributed by atoms with E-state index in [-0.39, 0.29) is 28.5 Å². The number of aromatic nitrogens is 3. The minimum Gasteiger partial charge on any atom is -0.305 e. The first-order valence-corrected chi connectivity index (χ1v) is 7.76. The summed E-state index contributed by atoms with van der Waals surface area (Å²) in [7, 11) is 0. The molecule has 0 spiro atoms. The highest BCUT2D eigenvalue weighted by Crippen LogP contribution is 2.32. The van der Waals surface area contributed by atoms with Crippen LogP contribution < -0.4 is 5.56 Å². The third-order valence-electron chi connectivity index (χ3n) is 3.76. The van der Waals surface area contributed by atoms with Gasteiger partial charge in [-0.05, 0) is 31.2 Å². The quantitative estimate of drug-likeness (QED) is 0.670. The molecule has 0 unspecified atom stereocenters. The Morgan fingerprint density at radius 3 is 2.56 bits per heavy atom. The van der Waals surface area contributed by atoms with Crippen LogP contribution in [0.3, 0.4) is 0 Å². The Hall–Kier alpha value is -2.91. The maximum Gasteiger partial charge on any atom is 0.269 e. The lowest BCUT2D eigenvalue weighted by molar-refractivity contribution is 0.583. The normalized spacial score (nSPS) is 10.7. The number of benzene rings is 1. The van der Waals surface area contributed by atoms with Gasteiger partial charge >= 0.3 is 0 Å². The summed E-state index contributed by atoms with van der Waals surface area (Å²) in [5.74, 6) is 0.824. The fourth-order valence-corrected chi connectivity index (χ4v) is 2.88. The standard InChI is InChI=1S/C18H12ClF2N3O/c1-3-11-8-9-22-24(11)15-10-12(19)18(25)23(4-2)17(15)16-13(20)6-5-7-14(16)21/h1,5-10H,4H2,2H3. The van der Waals surface area contributed by atoms with E-state index in [1.165, 1.54) is 27.6 Å². The molecule has 0 amide bonds. The molecule has 25 heavy (non-hydrogen) atoms. The van der Waals surface area contributed by atoms with E-state index in [1.807, 2.05) is 0 Å². The van der Waals surface area contributed by atoms with E-state index in [1.54, 1.807) is 13.0 Å². The number of rotatable bonds is 3. The van der Waals surface area contributed by atoms with Gasteiger partial charge in [0.2, 0.25) is 0 Å². The highest BCUT2D eigenvalue weighted by Gasteiger charge is 2.23.